The summed E-state index contributed by atoms with van der Waals surface area (Å²) in [6.07, 6.45) is 0.912. The number of hydrogen-bond donors (Lipinski definition) is 2. The minimum atomic E-state index is -0.383. The normalized spacial score (nSPS) is 10.4. The van der Waals surface area contributed by atoms with Crippen LogP contribution in [0.1, 0.15) is 18.9 Å². The lowest BCUT2D eigenvalue weighted by Crippen LogP contribution is -2.01. The zero-order valence-electron chi connectivity index (χ0n) is 11.7. The van der Waals surface area contributed by atoms with Crippen molar-refractivity contribution in [1.82, 2.24) is 0 Å². The van der Waals surface area contributed by atoms with E-state index >= 15 is 0 Å². The molecule has 21 heavy (non-hydrogen) atoms. The van der Waals surface area contributed by atoms with Gasteiger partial charge in [-0.25, -0.2) is 4.39 Å². The molecule has 0 spiro atoms. The molecule has 0 aliphatic rings. The van der Waals surface area contributed by atoms with E-state index in [4.69, 9.17) is 16.3 Å². The van der Waals surface area contributed by atoms with Crippen molar-refractivity contribution >= 4 is 17.3 Å². The molecule has 0 heterocycles. The molecule has 0 radical (unpaired) electrons. The van der Waals surface area contributed by atoms with Crippen LogP contribution >= 0.6 is 11.6 Å². The molecule has 0 amide bonds. The van der Waals surface area contributed by atoms with E-state index in [1.807, 2.05) is 13.0 Å². The number of phenolic OH excluding ortho intramolecular Hbond substituents is 1. The van der Waals surface area contributed by atoms with Crippen LogP contribution < -0.4 is 10.1 Å². The van der Waals surface area contributed by atoms with Gasteiger partial charge < -0.3 is 15.2 Å². The smallest absolute Gasteiger partial charge is 0.138 e. The molecule has 2 N–H and O–H groups in total. The van der Waals surface area contributed by atoms with Gasteiger partial charge in [0, 0.05) is 17.8 Å². The van der Waals surface area contributed by atoms with Crippen molar-refractivity contribution in [2.75, 3.05) is 11.9 Å². The monoisotopic (exact) mass is 309 g/mol. The summed E-state index contributed by atoms with van der Waals surface area (Å²) in [4.78, 5) is 0. The minimum absolute atomic E-state index is 0.0536. The Hall–Kier alpha value is -1.94. The Morgan fingerprint density at radius 2 is 2.05 bits per heavy atom. The zero-order valence-corrected chi connectivity index (χ0v) is 12.5. The van der Waals surface area contributed by atoms with Crippen LogP contribution in [0.3, 0.4) is 0 Å². The maximum absolute atomic E-state index is 13.1. The van der Waals surface area contributed by atoms with E-state index in [2.05, 4.69) is 5.32 Å². The number of nitrogens with one attached hydrogen (secondary N) is 1. The Bertz CT molecular complexity index is 619. The Kier molecular flexibility index (Phi) is 5.28. The standard InChI is InChI=1S/C16H17ClFNO2/c1-2-7-21-16-6-4-13(9-14(16)17)19-10-11-8-12(18)3-5-15(11)20/h3-6,8-9,19-20H,2,7,10H2,1H3. The van der Waals surface area contributed by atoms with Gasteiger partial charge in [0.05, 0.1) is 11.6 Å². The van der Waals surface area contributed by atoms with E-state index in [-0.39, 0.29) is 11.6 Å². The highest BCUT2D eigenvalue weighted by atomic mass is 35.5. The summed E-state index contributed by atoms with van der Waals surface area (Å²) >= 11 is 6.13. The summed E-state index contributed by atoms with van der Waals surface area (Å²) in [6.45, 7) is 2.94. The second kappa shape index (κ2) is 7.18. The molecule has 0 saturated heterocycles. The van der Waals surface area contributed by atoms with Gasteiger partial charge in [-0.15, -0.1) is 0 Å². The molecule has 0 aliphatic heterocycles. The topological polar surface area (TPSA) is 41.5 Å². The summed E-state index contributed by atoms with van der Waals surface area (Å²) in [5.74, 6) is 0.307. The van der Waals surface area contributed by atoms with Crippen molar-refractivity contribution in [2.24, 2.45) is 0 Å². The lowest BCUT2D eigenvalue weighted by Gasteiger charge is -2.11. The van der Waals surface area contributed by atoms with Gasteiger partial charge in [-0.2, -0.15) is 0 Å². The van der Waals surface area contributed by atoms with E-state index in [9.17, 15) is 9.50 Å². The van der Waals surface area contributed by atoms with Gasteiger partial charge in [-0.3, -0.25) is 0 Å². The first kappa shape index (κ1) is 15.4. The molecule has 0 bridgehead atoms. The highest BCUT2D eigenvalue weighted by molar-refractivity contribution is 6.32. The van der Waals surface area contributed by atoms with Crippen LogP contribution in [0.15, 0.2) is 36.4 Å². The minimum Gasteiger partial charge on any atom is -0.508 e. The Balaban J connectivity index is 2.03. The van der Waals surface area contributed by atoms with E-state index < -0.39 is 0 Å². The van der Waals surface area contributed by atoms with Crippen molar-refractivity contribution in [3.8, 4) is 11.5 Å². The maximum atomic E-state index is 13.1. The molecule has 0 saturated carbocycles. The molecule has 5 heteroatoms. The van der Waals surface area contributed by atoms with Crippen LogP contribution in [0.25, 0.3) is 0 Å². The molecule has 0 fully saturated rings. The van der Waals surface area contributed by atoms with Crippen LogP contribution in [-0.2, 0) is 6.54 Å². The van der Waals surface area contributed by atoms with E-state index in [1.165, 1.54) is 18.2 Å². The fourth-order valence-corrected chi connectivity index (χ4v) is 2.07. The first-order valence-corrected chi connectivity index (χ1v) is 7.11. The summed E-state index contributed by atoms with van der Waals surface area (Å²) in [7, 11) is 0. The van der Waals surface area contributed by atoms with Crippen molar-refractivity contribution in [1.29, 1.82) is 0 Å². The van der Waals surface area contributed by atoms with Crippen molar-refractivity contribution in [3.05, 3.63) is 52.8 Å². The molecular weight excluding hydrogens is 293 g/mol. The van der Waals surface area contributed by atoms with Gasteiger partial charge in [-0.1, -0.05) is 18.5 Å². The van der Waals surface area contributed by atoms with Crippen LogP contribution in [0, 0.1) is 5.82 Å². The van der Waals surface area contributed by atoms with Crippen LogP contribution in [0.4, 0.5) is 10.1 Å². The van der Waals surface area contributed by atoms with Crippen molar-refractivity contribution < 1.29 is 14.2 Å². The third-order valence-electron chi connectivity index (χ3n) is 2.92. The SMILES string of the molecule is CCCOc1ccc(NCc2cc(F)ccc2O)cc1Cl. The highest BCUT2D eigenvalue weighted by Crippen LogP contribution is 2.28. The van der Waals surface area contributed by atoms with Crippen LogP contribution in [-0.4, -0.2) is 11.7 Å². The molecule has 0 unspecified atom stereocenters. The average molecular weight is 310 g/mol. The number of ether oxygens (including phenoxy) is 1. The fraction of sp³-hybridized carbons (Fsp3) is 0.250. The number of aromatic hydroxyl groups is 1. The number of phenols is 1. The third kappa shape index (κ3) is 4.26. The molecule has 112 valence electrons. The Labute approximate surface area is 128 Å². The van der Waals surface area contributed by atoms with Crippen LogP contribution in [0.5, 0.6) is 11.5 Å². The van der Waals surface area contributed by atoms with Crippen molar-refractivity contribution in [2.45, 2.75) is 19.9 Å². The van der Waals surface area contributed by atoms with Gasteiger partial charge in [0.1, 0.15) is 17.3 Å². The summed E-state index contributed by atoms with van der Waals surface area (Å²) in [5, 5.41) is 13.3. The van der Waals surface area contributed by atoms with E-state index in [0.29, 0.717) is 29.5 Å². The molecule has 2 rings (SSSR count). The number of anilines is 1. The number of rotatable bonds is 6. The third-order valence-corrected chi connectivity index (χ3v) is 3.21. The van der Waals surface area contributed by atoms with Gasteiger partial charge in [-0.05, 0) is 42.8 Å². The molecule has 0 atom stereocenters. The largest absolute Gasteiger partial charge is 0.508 e. The van der Waals surface area contributed by atoms with Crippen LogP contribution in [0.2, 0.25) is 5.02 Å². The van der Waals surface area contributed by atoms with E-state index in [1.54, 1.807) is 12.1 Å². The van der Waals surface area contributed by atoms with Crippen molar-refractivity contribution in [3.63, 3.8) is 0 Å². The van der Waals surface area contributed by atoms with Gasteiger partial charge in [0.2, 0.25) is 0 Å². The molecule has 3 nitrogen and oxygen atoms in total. The molecular formula is C16H17ClFNO2. The van der Waals surface area contributed by atoms with E-state index in [0.717, 1.165) is 12.1 Å². The predicted molar refractivity (Wildman–Crippen MR) is 82.6 cm³/mol. The molecule has 2 aromatic carbocycles. The first-order valence-electron chi connectivity index (χ1n) is 6.73. The highest BCUT2D eigenvalue weighted by Gasteiger charge is 2.05. The fourth-order valence-electron chi connectivity index (χ4n) is 1.83. The second-order valence-electron chi connectivity index (χ2n) is 4.62. The quantitative estimate of drug-likeness (QED) is 0.820. The zero-order chi connectivity index (χ0) is 15.2. The second-order valence-corrected chi connectivity index (χ2v) is 5.03. The average Bonchev–Trinajstić information content (AvgIpc) is 2.47. The van der Waals surface area contributed by atoms with Gasteiger partial charge >= 0.3 is 0 Å². The number of benzene rings is 2. The Morgan fingerprint density at radius 1 is 1.24 bits per heavy atom. The first-order chi connectivity index (χ1) is 10.1. The molecule has 2 aromatic rings. The predicted octanol–water partition coefficient (Wildman–Crippen LogP) is 4.59. The maximum Gasteiger partial charge on any atom is 0.138 e. The number of hydrogen-bond acceptors (Lipinski definition) is 3. The summed E-state index contributed by atoms with van der Waals surface area (Å²) in [6, 6.07) is 9.20. The lowest BCUT2D eigenvalue weighted by molar-refractivity contribution is 0.317. The van der Waals surface area contributed by atoms with Gasteiger partial charge in [0.25, 0.3) is 0 Å². The number of halogens is 2. The molecule has 0 aliphatic carbocycles. The summed E-state index contributed by atoms with van der Waals surface area (Å²) < 4.78 is 18.6. The summed E-state index contributed by atoms with van der Waals surface area (Å²) in [5.41, 5.74) is 1.25. The lowest BCUT2D eigenvalue weighted by atomic mass is 10.2. The Morgan fingerprint density at radius 3 is 2.76 bits per heavy atom. The van der Waals surface area contributed by atoms with Gasteiger partial charge in [0.15, 0.2) is 0 Å². The molecule has 0 aromatic heterocycles.